The molecule has 0 atom stereocenters. The van der Waals surface area contributed by atoms with Gasteiger partial charge in [-0.25, -0.2) is 17.5 Å². The van der Waals surface area contributed by atoms with Gasteiger partial charge in [0, 0.05) is 19.3 Å². The van der Waals surface area contributed by atoms with Gasteiger partial charge in [0.2, 0.25) is 15.9 Å². The minimum Gasteiger partial charge on any atom is -0.315 e. The summed E-state index contributed by atoms with van der Waals surface area (Å²) >= 11 is 0. The van der Waals surface area contributed by atoms with Crippen molar-refractivity contribution in [3.63, 3.8) is 0 Å². The van der Waals surface area contributed by atoms with Gasteiger partial charge in [-0.3, -0.25) is 4.79 Å². The number of amides is 1. The van der Waals surface area contributed by atoms with Crippen LogP contribution in [-0.2, 0) is 27.7 Å². The molecule has 24 heavy (non-hydrogen) atoms. The van der Waals surface area contributed by atoms with E-state index < -0.39 is 10.0 Å². The van der Waals surface area contributed by atoms with Crippen molar-refractivity contribution in [2.75, 3.05) is 18.5 Å². The van der Waals surface area contributed by atoms with Gasteiger partial charge in [-0.15, -0.1) is 0 Å². The number of hydrogen-bond donors (Lipinski definition) is 1. The minimum atomic E-state index is -3.65. The van der Waals surface area contributed by atoms with E-state index in [-0.39, 0.29) is 29.6 Å². The molecule has 1 N–H and O–H groups in total. The third kappa shape index (κ3) is 3.32. The minimum absolute atomic E-state index is 0.0520. The summed E-state index contributed by atoms with van der Waals surface area (Å²) in [5.41, 5.74) is 2.30. The molecule has 0 unspecified atom stereocenters. The molecule has 0 saturated heterocycles. The maximum Gasteiger partial charge on any atom is 0.240 e. The van der Waals surface area contributed by atoms with E-state index >= 15 is 0 Å². The Hall–Kier alpha value is -2.25. The maximum atomic E-state index is 12.8. The molecule has 1 heterocycles. The quantitative estimate of drug-likeness (QED) is 0.897. The molecule has 126 valence electrons. The zero-order valence-electron chi connectivity index (χ0n) is 13.1. The van der Waals surface area contributed by atoms with E-state index in [1.807, 2.05) is 0 Å². The van der Waals surface area contributed by atoms with Crippen molar-refractivity contribution in [2.24, 2.45) is 0 Å². The van der Waals surface area contributed by atoms with Gasteiger partial charge in [0.05, 0.1) is 11.3 Å². The lowest BCUT2D eigenvalue weighted by Gasteiger charge is -2.11. The number of nitrogens with zero attached hydrogens (tertiary/aromatic N) is 1. The van der Waals surface area contributed by atoms with Crippen LogP contribution in [0.1, 0.15) is 11.1 Å². The van der Waals surface area contributed by atoms with Crippen LogP contribution in [0.25, 0.3) is 0 Å². The summed E-state index contributed by atoms with van der Waals surface area (Å²) in [5.74, 6) is -0.374. The Kier molecular flexibility index (Phi) is 4.38. The van der Waals surface area contributed by atoms with Gasteiger partial charge in [0.15, 0.2) is 0 Å². The van der Waals surface area contributed by atoms with Crippen LogP contribution in [-0.4, -0.2) is 27.9 Å². The SMILES string of the molecule is CN1C(=O)Cc2cc(S(=O)(=O)NCCc3ccc(F)cc3)ccc21. The smallest absolute Gasteiger partial charge is 0.240 e. The Bertz CT molecular complexity index is 879. The molecule has 0 radical (unpaired) electrons. The van der Waals surface area contributed by atoms with Gasteiger partial charge in [-0.2, -0.15) is 0 Å². The van der Waals surface area contributed by atoms with E-state index in [0.717, 1.165) is 11.3 Å². The summed E-state index contributed by atoms with van der Waals surface area (Å²) in [6.07, 6.45) is 0.677. The van der Waals surface area contributed by atoms with Gasteiger partial charge in [0.1, 0.15) is 5.82 Å². The lowest BCUT2D eigenvalue weighted by Crippen LogP contribution is -2.26. The number of sulfonamides is 1. The first-order valence-corrected chi connectivity index (χ1v) is 8.99. The second-order valence-corrected chi connectivity index (χ2v) is 7.46. The average Bonchev–Trinajstić information content (AvgIpc) is 2.83. The number of likely N-dealkylation sites (N-methyl/N-ethyl adjacent to an activating group) is 1. The van der Waals surface area contributed by atoms with Gasteiger partial charge < -0.3 is 4.90 Å². The molecule has 2 aromatic carbocycles. The van der Waals surface area contributed by atoms with Gasteiger partial charge in [-0.05, 0) is 47.9 Å². The molecular formula is C17H17FN2O3S. The first kappa shape index (κ1) is 16.6. The van der Waals surface area contributed by atoms with Gasteiger partial charge in [0.25, 0.3) is 0 Å². The molecule has 1 aliphatic rings. The van der Waals surface area contributed by atoms with Crippen LogP contribution in [0.15, 0.2) is 47.4 Å². The summed E-state index contributed by atoms with van der Waals surface area (Å²) in [6.45, 7) is 0.212. The van der Waals surface area contributed by atoms with Crippen molar-refractivity contribution in [3.05, 3.63) is 59.4 Å². The molecule has 0 aromatic heterocycles. The second-order valence-electron chi connectivity index (χ2n) is 5.69. The number of halogens is 1. The normalized spacial score (nSPS) is 14.1. The molecule has 2 aromatic rings. The lowest BCUT2D eigenvalue weighted by atomic mass is 10.1. The Morgan fingerprint density at radius 1 is 1.17 bits per heavy atom. The first-order valence-electron chi connectivity index (χ1n) is 7.50. The number of nitrogens with one attached hydrogen (secondary N) is 1. The molecule has 0 fully saturated rings. The van der Waals surface area contributed by atoms with E-state index in [0.29, 0.717) is 12.0 Å². The van der Waals surface area contributed by atoms with E-state index in [1.54, 1.807) is 25.2 Å². The topological polar surface area (TPSA) is 66.5 Å². The van der Waals surface area contributed by atoms with Gasteiger partial charge in [-0.1, -0.05) is 12.1 Å². The Morgan fingerprint density at radius 3 is 2.58 bits per heavy atom. The van der Waals surface area contributed by atoms with Gasteiger partial charge >= 0.3 is 0 Å². The summed E-state index contributed by atoms with van der Waals surface area (Å²) in [4.78, 5) is 13.3. The highest BCUT2D eigenvalue weighted by Crippen LogP contribution is 2.29. The Balaban J connectivity index is 1.69. The predicted octanol–water partition coefficient (Wildman–Crippen LogP) is 1.87. The van der Waals surface area contributed by atoms with Crippen molar-refractivity contribution in [3.8, 4) is 0 Å². The highest BCUT2D eigenvalue weighted by atomic mass is 32.2. The van der Waals surface area contributed by atoms with Crippen LogP contribution in [0.4, 0.5) is 10.1 Å². The zero-order chi connectivity index (χ0) is 17.3. The summed E-state index contributed by atoms with van der Waals surface area (Å²) in [7, 11) is -1.98. The zero-order valence-corrected chi connectivity index (χ0v) is 13.9. The predicted molar refractivity (Wildman–Crippen MR) is 88.8 cm³/mol. The van der Waals surface area contributed by atoms with Crippen molar-refractivity contribution >= 4 is 21.6 Å². The van der Waals surface area contributed by atoms with E-state index in [9.17, 15) is 17.6 Å². The lowest BCUT2D eigenvalue weighted by molar-refractivity contribution is -0.117. The molecule has 3 rings (SSSR count). The second kappa shape index (κ2) is 6.33. The molecule has 0 spiro atoms. The van der Waals surface area contributed by atoms with Crippen LogP contribution in [0.2, 0.25) is 0 Å². The molecule has 1 amide bonds. The van der Waals surface area contributed by atoms with Crippen LogP contribution < -0.4 is 9.62 Å². The van der Waals surface area contributed by atoms with Crippen molar-refractivity contribution in [1.29, 1.82) is 0 Å². The number of benzene rings is 2. The molecule has 5 nitrogen and oxygen atoms in total. The molecule has 1 aliphatic heterocycles. The Labute approximate surface area is 140 Å². The van der Waals surface area contributed by atoms with Crippen LogP contribution in [0.5, 0.6) is 0 Å². The van der Waals surface area contributed by atoms with Crippen LogP contribution in [0.3, 0.4) is 0 Å². The fourth-order valence-corrected chi connectivity index (χ4v) is 3.76. The number of fused-ring (bicyclic) bond motifs is 1. The number of rotatable bonds is 5. The molecule has 0 bridgehead atoms. The monoisotopic (exact) mass is 348 g/mol. The first-order chi connectivity index (χ1) is 11.4. The summed E-state index contributed by atoms with van der Waals surface area (Å²) < 4.78 is 40.1. The number of hydrogen-bond acceptors (Lipinski definition) is 3. The van der Waals surface area contributed by atoms with Crippen molar-refractivity contribution < 1.29 is 17.6 Å². The molecule has 0 saturated carbocycles. The van der Waals surface area contributed by atoms with E-state index in [1.165, 1.54) is 29.2 Å². The molecular weight excluding hydrogens is 331 g/mol. The highest BCUT2D eigenvalue weighted by Gasteiger charge is 2.26. The molecule has 0 aliphatic carbocycles. The van der Waals surface area contributed by atoms with Crippen molar-refractivity contribution in [2.45, 2.75) is 17.7 Å². The third-order valence-electron chi connectivity index (χ3n) is 4.06. The number of carbonyl (C=O) groups is 1. The third-order valence-corrected chi connectivity index (χ3v) is 5.52. The number of carbonyl (C=O) groups excluding carboxylic acids is 1. The largest absolute Gasteiger partial charge is 0.315 e. The summed E-state index contributed by atoms with van der Waals surface area (Å²) in [6, 6.07) is 10.6. The summed E-state index contributed by atoms with van der Waals surface area (Å²) in [5, 5.41) is 0. The van der Waals surface area contributed by atoms with E-state index in [2.05, 4.69) is 4.72 Å². The standard InChI is InChI=1S/C17H17FN2O3S/c1-20-16-7-6-15(10-13(16)11-17(20)21)24(22,23)19-9-8-12-2-4-14(18)5-3-12/h2-7,10,19H,8-9,11H2,1H3. The van der Waals surface area contributed by atoms with E-state index in [4.69, 9.17) is 0 Å². The Morgan fingerprint density at radius 2 is 1.88 bits per heavy atom. The maximum absolute atomic E-state index is 12.8. The van der Waals surface area contributed by atoms with Crippen LogP contribution >= 0.6 is 0 Å². The fraction of sp³-hybridized carbons (Fsp3) is 0.235. The van der Waals surface area contributed by atoms with Crippen molar-refractivity contribution in [1.82, 2.24) is 4.72 Å². The fourth-order valence-electron chi connectivity index (χ4n) is 2.68. The van der Waals surface area contributed by atoms with Crippen LogP contribution in [0, 0.1) is 5.82 Å². The number of anilines is 1. The molecule has 7 heteroatoms. The average molecular weight is 348 g/mol. The highest BCUT2D eigenvalue weighted by molar-refractivity contribution is 7.89.